The molecule has 0 aromatic heterocycles. The molecule has 0 unspecified atom stereocenters. The van der Waals surface area contributed by atoms with E-state index in [1.54, 1.807) is 6.92 Å². The lowest BCUT2D eigenvalue weighted by Gasteiger charge is -2.35. The molecule has 0 bridgehead atoms. The quantitative estimate of drug-likeness (QED) is 0.795. The Morgan fingerprint density at radius 1 is 1.25 bits per heavy atom. The summed E-state index contributed by atoms with van der Waals surface area (Å²) in [6, 6.07) is 3.15. The van der Waals surface area contributed by atoms with E-state index >= 15 is 0 Å². The van der Waals surface area contributed by atoms with Crippen LogP contribution in [0.3, 0.4) is 0 Å². The fraction of sp³-hybridized carbons (Fsp3) is 0.429. The second-order valence-corrected chi connectivity index (χ2v) is 5.21. The summed E-state index contributed by atoms with van der Waals surface area (Å²) in [6.07, 6.45) is 0.888. The Hall–Kier alpha value is -2.03. The molecule has 1 heterocycles. The number of benzene rings is 1. The number of carbonyl (C=O) groups excluding carboxylic acids is 1. The van der Waals surface area contributed by atoms with Gasteiger partial charge in [-0.05, 0) is 19.8 Å². The third-order valence-corrected chi connectivity index (χ3v) is 3.64. The highest BCUT2D eigenvalue weighted by Gasteiger charge is 2.33. The highest BCUT2D eigenvalue weighted by molar-refractivity contribution is 5.94. The summed E-state index contributed by atoms with van der Waals surface area (Å²) in [4.78, 5) is 13.4. The second kappa shape index (κ2) is 5.16. The van der Waals surface area contributed by atoms with Crippen molar-refractivity contribution in [1.29, 1.82) is 5.26 Å². The molecule has 3 nitrogen and oxygen atoms in total. The summed E-state index contributed by atoms with van der Waals surface area (Å²) in [5.41, 5.74) is -1.26. The van der Waals surface area contributed by atoms with E-state index in [0.29, 0.717) is 25.0 Å². The van der Waals surface area contributed by atoms with E-state index in [4.69, 9.17) is 5.26 Å². The van der Waals surface area contributed by atoms with Gasteiger partial charge in [0.25, 0.3) is 5.91 Å². The van der Waals surface area contributed by atoms with Gasteiger partial charge in [-0.15, -0.1) is 0 Å². The van der Waals surface area contributed by atoms with Crippen molar-refractivity contribution in [2.24, 2.45) is 5.41 Å². The third-order valence-electron chi connectivity index (χ3n) is 3.64. The average molecular weight is 282 g/mol. The summed E-state index contributed by atoms with van der Waals surface area (Å²) in [7, 11) is 0. The van der Waals surface area contributed by atoms with Crippen LogP contribution in [0.5, 0.6) is 0 Å². The molecule has 2 rings (SSSR count). The largest absolute Gasteiger partial charge is 0.338 e. The van der Waals surface area contributed by atoms with E-state index in [2.05, 4.69) is 6.07 Å². The first-order chi connectivity index (χ1) is 9.36. The minimum atomic E-state index is -1.21. The van der Waals surface area contributed by atoms with Crippen molar-refractivity contribution in [2.75, 3.05) is 13.1 Å². The predicted octanol–water partition coefficient (Wildman–Crippen LogP) is 2.87. The summed E-state index contributed by atoms with van der Waals surface area (Å²) < 4.78 is 39.9. The fourth-order valence-corrected chi connectivity index (χ4v) is 2.22. The average Bonchev–Trinajstić information content (AvgIpc) is 2.38. The maximum atomic E-state index is 13.6. The van der Waals surface area contributed by atoms with Crippen LogP contribution >= 0.6 is 0 Å². The van der Waals surface area contributed by atoms with E-state index in [9.17, 15) is 18.0 Å². The summed E-state index contributed by atoms with van der Waals surface area (Å²) in [6.45, 7) is 2.28. The molecule has 1 fully saturated rings. The number of nitriles is 1. The zero-order chi connectivity index (χ0) is 14.9. The molecule has 0 aliphatic carbocycles. The molecule has 20 heavy (non-hydrogen) atoms. The fourth-order valence-electron chi connectivity index (χ4n) is 2.22. The number of carbonyl (C=O) groups is 1. The van der Waals surface area contributed by atoms with Crippen molar-refractivity contribution < 1.29 is 18.0 Å². The van der Waals surface area contributed by atoms with Gasteiger partial charge in [-0.1, -0.05) is 0 Å². The predicted molar refractivity (Wildman–Crippen MR) is 65.2 cm³/mol. The second-order valence-electron chi connectivity index (χ2n) is 5.21. The molecular formula is C14H13F3N2O. The van der Waals surface area contributed by atoms with Gasteiger partial charge in [0.15, 0.2) is 0 Å². The molecule has 1 aromatic rings. The Morgan fingerprint density at radius 3 is 2.20 bits per heavy atom. The van der Waals surface area contributed by atoms with Gasteiger partial charge in [0.1, 0.15) is 23.0 Å². The van der Waals surface area contributed by atoms with Crippen molar-refractivity contribution >= 4 is 5.91 Å². The minimum absolute atomic E-state index is 0.249. The van der Waals surface area contributed by atoms with Crippen molar-refractivity contribution in [3.8, 4) is 6.07 Å². The molecule has 0 radical (unpaired) electrons. The monoisotopic (exact) mass is 282 g/mol. The van der Waals surface area contributed by atoms with Crippen molar-refractivity contribution in [2.45, 2.75) is 19.8 Å². The summed E-state index contributed by atoms with van der Waals surface area (Å²) in [5.74, 6) is -4.28. The number of hydrogen-bond acceptors (Lipinski definition) is 2. The van der Waals surface area contributed by atoms with Gasteiger partial charge in [0, 0.05) is 25.2 Å². The van der Waals surface area contributed by atoms with Crippen LogP contribution in [0.25, 0.3) is 0 Å². The van der Waals surface area contributed by atoms with Crippen molar-refractivity contribution in [3.05, 3.63) is 35.1 Å². The van der Waals surface area contributed by atoms with Crippen LogP contribution in [-0.4, -0.2) is 23.9 Å². The standard InChI is InChI=1S/C14H13F3N2O/c1-14(8-18)2-4-19(5-3-14)13(20)12-10(16)6-9(15)7-11(12)17/h6-7H,2-5H2,1H3. The Bertz CT molecular complexity index is 564. The van der Waals surface area contributed by atoms with Crippen LogP contribution in [0.15, 0.2) is 12.1 Å². The molecule has 0 spiro atoms. The number of hydrogen-bond donors (Lipinski definition) is 0. The van der Waals surface area contributed by atoms with Crippen LogP contribution in [-0.2, 0) is 0 Å². The lowest BCUT2D eigenvalue weighted by molar-refractivity contribution is 0.0652. The van der Waals surface area contributed by atoms with Gasteiger partial charge in [0.2, 0.25) is 0 Å². The van der Waals surface area contributed by atoms with Crippen LogP contribution < -0.4 is 0 Å². The Balaban J connectivity index is 2.20. The van der Waals surface area contributed by atoms with Crippen LogP contribution in [0.4, 0.5) is 13.2 Å². The topological polar surface area (TPSA) is 44.1 Å². The summed E-state index contributed by atoms with van der Waals surface area (Å²) >= 11 is 0. The SMILES string of the molecule is CC1(C#N)CCN(C(=O)c2c(F)cc(F)cc2F)CC1. The first-order valence-electron chi connectivity index (χ1n) is 6.21. The van der Waals surface area contributed by atoms with Gasteiger partial charge < -0.3 is 4.90 Å². The van der Waals surface area contributed by atoms with Crippen molar-refractivity contribution in [1.82, 2.24) is 4.90 Å². The van der Waals surface area contributed by atoms with Gasteiger partial charge in [-0.2, -0.15) is 5.26 Å². The molecule has 1 amide bonds. The molecule has 6 heteroatoms. The number of rotatable bonds is 1. The Kier molecular flexibility index (Phi) is 3.71. The first kappa shape index (κ1) is 14.4. The number of halogens is 3. The molecule has 1 saturated heterocycles. The van der Waals surface area contributed by atoms with E-state index < -0.39 is 34.3 Å². The van der Waals surface area contributed by atoms with Crippen molar-refractivity contribution in [3.63, 3.8) is 0 Å². The van der Waals surface area contributed by atoms with Crippen LogP contribution in [0.1, 0.15) is 30.1 Å². The van der Waals surface area contributed by atoms with E-state index in [0.717, 1.165) is 0 Å². The van der Waals surface area contributed by atoms with E-state index in [1.807, 2.05) is 0 Å². The number of piperidine rings is 1. The zero-order valence-corrected chi connectivity index (χ0v) is 10.9. The Labute approximate surface area is 114 Å². The highest BCUT2D eigenvalue weighted by Crippen LogP contribution is 2.30. The normalized spacial score (nSPS) is 17.6. The molecule has 0 N–H and O–H groups in total. The molecule has 1 aromatic carbocycles. The smallest absolute Gasteiger partial charge is 0.259 e. The van der Waals surface area contributed by atoms with E-state index in [1.165, 1.54) is 4.90 Å². The molecule has 106 valence electrons. The minimum Gasteiger partial charge on any atom is -0.338 e. The molecule has 0 atom stereocenters. The first-order valence-corrected chi connectivity index (χ1v) is 6.21. The van der Waals surface area contributed by atoms with Gasteiger partial charge in [-0.3, -0.25) is 4.79 Å². The number of nitrogens with zero attached hydrogens (tertiary/aromatic N) is 2. The molecule has 0 saturated carbocycles. The van der Waals surface area contributed by atoms with Gasteiger partial charge >= 0.3 is 0 Å². The van der Waals surface area contributed by atoms with Crippen LogP contribution in [0, 0.1) is 34.2 Å². The highest BCUT2D eigenvalue weighted by atomic mass is 19.1. The van der Waals surface area contributed by atoms with Gasteiger partial charge in [-0.25, -0.2) is 13.2 Å². The number of amides is 1. The van der Waals surface area contributed by atoms with E-state index in [-0.39, 0.29) is 13.1 Å². The molecular weight excluding hydrogens is 269 g/mol. The lowest BCUT2D eigenvalue weighted by Crippen LogP contribution is -2.42. The summed E-state index contributed by atoms with van der Waals surface area (Å²) in [5, 5.41) is 9.00. The third kappa shape index (κ3) is 2.62. The van der Waals surface area contributed by atoms with Gasteiger partial charge in [0.05, 0.1) is 11.5 Å². The Morgan fingerprint density at radius 2 is 1.75 bits per heavy atom. The number of likely N-dealkylation sites (tertiary alicyclic amines) is 1. The zero-order valence-electron chi connectivity index (χ0n) is 10.9. The molecule has 1 aliphatic heterocycles. The van der Waals surface area contributed by atoms with Crippen LogP contribution in [0.2, 0.25) is 0 Å². The molecule has 1 aliphatic rings. The lowest BCUT2D eigenvalue weighted by atomic mass is 9.82. The maximum absolute atomic E-state index is 13.6. The maximum Gasteiger partial charge on any atom is 0.259 e.